The summed E-state index contributed by atoms with van der Waals surface area (Å²) in [5.41, 5.74) is 4.44. The lowest BCUT2D eigenvalue weighted by molar-refractivity contribution is 0.0985. The van der Waals surface area contributed by atoms with Crippen LogP contribution in [0.4, 0.5) is 16.2 Å². The van der Waals surface area contributed by atoms with Gasteiger partial charge in [0.15, 0.2) is 0 Å². The predicted octanol–water partition coefficient (Wildman–Crippen LogP) is 4.60. The Hall–Kier alpha value is -3.60. The molecule has 2 N–H and O–H groups in total. The summed E-state index contributed by atoms with van der Waals surface area (Å²) in [6.45, 7) is 1.17. The molecule has 5 heteroatoms. The maximum Gasteiger partial charge on any atom is 0.319 e. The van der Waals surface area contributed by atoms with Gasteiger partial charge in [-0.05, 0) is 54.3 Å². The molecule has 3 aromatic carbocycles. The molecule has 0 aliphatic carbocycles. The van der Waals surface area contributed by atoms with Crippen LogP contribution >= 0.6 is 0 Å². The fourth-order valence-electron chi connectivity index (χ4n) is 3.58. The second-order valence-corrected chi connectivity index (χ2v) is 7.06. The summed E-state index contributed by atoms with van der Waals surface area (Å²) in [4.78, 5) is 26.9. The molecule has 3 aromatic rings. The van der Waals surface area contributed by atoms with Crippen LogP contribution in [-0.2, 0) is 13.0 Å². The molecule has 4 rings (SSSR count). The Morgan fingerprint density at radius 2 is 1.62 bits per heavy atom. The molecule has 1 aliphatic rings. The minimum Gasteiger partial charge on any atom is -0.334 e. The van der Waals surface area contributed by atoms with Crippen molar-refractivity contribution in [2.75, 3.05) is 16.8 Å². The molecular weight excluding hydrogens is 362 g/mol. The van der Waals surface area contributed by atoms with Gasteiger partial charge in [0, 0.05) is 30.0 Å². The Morgan fingerprint density at radius 3 is 2.38 bits per heavy atom. The summed E-state index contributed by atoms with van der Waals surface area (Å²) in [5, 5.41) is 5.75. The first-order valence-corrected chi connectivity index (χ1v) is 9.79. The Bertz CT molecular complexity index is 1000. The van der Waals surface area contributed by atoms with Gasteiger partial charge in [-0.25, -0.2) is 4.79 Å². The number of rotatable bonds is 4. The van der Waals surface area contributed by atoms with Crippen LogP contribution in [0.25, 0.3) is 0 Å². The molecule has 5 nitrogen and oxygen atoms in total. The first-order chi connectivity index (χ1) is 14.2. The molecule has 1 heterocycles. The van der Waals surface area contributed by atoms with Gasteiger partial charge in [0.2, 0.25) is 0 Å². The molecule has 146 valence electrons. The van der Waals surface area contributed by atoms with Crippen molar-refractivity contribution in [2.45, 2.75) is 19.4 Å². The molecule has 29 heavy (non-hydrogen) atoms. The highest BCUT2D eigenvalue weighted by Gasteiger charge is 2.23. The van der Waals surface area contributed by atoms with E-state index in [1.807, 2.05) is 83.8 Å². The van der Waals surface area contributed by atoms with Gasteiger partial charge in [0.25, 0.3) is 5.91 Å². The first kappa shape index (κ1) is 18.7. The molecular formula is C24H23N3O2. The smallest absolute Gasteiger partial charge is 0.319 e. The van der Waals surface area contributed by atoms with E-state index < -0.39 is 0 Å². The van der Waals surface area contributed by atoms with Crippen LogP contribution in [0.5, 0.6) is 0 Å². The van der Waals surface area contributed by atoms with Crippen molar-refractivity contribution in [3.8, 4) is 0 Å². The average molecular weight is 385 g/mol. The Kier molecular flexibility index (Phi) is 5.56. The molecule has 0 bridgehead atoms. The van der Waals surface area contributed by atoms with E-state index in [9.17, 15) is 9.59 Å². The zero-order valence-electron chi connectivity index (χ0n) is 16.1. The highest BCUT2D eigenvalue weighted by atomic mass is 16.2. The highest BCUT2D eigenvalue weighted by molar-refractivity contribution is 6.07. The standard InChI is InChI=1S/C24H23N3O2/c28-23(19-10-5-2-6-11-19)27-15-7-12-20-16-21(13-14-22(20)27)26-24(29)25-17-18-8-3-1-4-9-18/h1-6,8-11,13-14,16H,7,12,15,17H2,(H2,25,26,29). The van der Waals surface area contributed by atoms with Crippen LogP contribution < -0.4 is 15.5 Å². The molecule has 0 saturated heterocycles. The van der Waals surface area contributed by atoms with E-state index in [0.717, 1.165) is 35.3 Å². The third-order valence-corrected chi connectivity index (χ3v) is 5.02. The number of carbonyl (C=O) groups is 2. The van der Waals surface area contributed by atoms with Gasteiger partial charge in [-0.15, -0.1) is 0 Å². The number of hydrogen-bond acceptors (Lipinski definition) is 2. The first-order valence-electron chi connectivity index (χ1n) is 9.79. The molecule has 0 saturated carbocycles. The van der Waals surface area contributed by atoms with Crippen LogP contribution in [0.3, 0.4) is 0 Å². The maximum atomic E-state index is 12.9. The third kappa shape index (κ3) is 4.46. The molecule has 0 atom stereocenters. The van der Waals surface area contributed by atoms with Crippen molar-refractivity contribution >= 4 is 23.3 Å². The van der Waals surface area contributed by atoms with Crippen molar-refractivity contribution in [1.82, 2.24) is 5.32 Å². The number of nitrogens with zero attached hydrogens (tertiary/aromatic N) is 1. The van der Waals surface area contributed by atoms with E-state index in [1.165, 1.54) is 0 Å². The van der Waals surface area contributed by atoms with Gasteiger partial charge in [-0.2, -0.15) is 0 Å². The summed E-state index contributed by atoms with van der Waals surface area (Å²) >= 11 is 0. The third-order valence-electron chi connectivity index (χ3n) is 5.02. The molecule has 0 fully saturated rings. The number of anilines is 2. The maximum absolute atomic E-state index is 12.9. The largest absolute Gasteiger partial charge is 0.334 e. The van der Waals surface area contributed by atoms with Crippen LogP contribution in [0.15, 0.2) is 78.9 Å². The quantitative estimate of drug-likeness (QED) is 0.689. The van der Waals surface area contributed by atoms with Gasteiger partial charge in [0.1, 0.15) is 0 Å². The molecule has 0 aromatic heterocycles. The van der Waals surface area contributed by atoms with Crippen LogP contribution in [0.1, 0.15) is 27.9 Å². The average Bonchev–Trinajstić information content (AvgIpc) is 2.78. The molecule has 0 radical (unpaired) electrons. The Morgan fingerprint density at radius 1 is 0.897 bits per heavy atom. The number of carbonyl (C=O) groups excluding carboxylic acids is 2. The van der Waals surface area contributed by atoms with Crippen molar-refractivity contribution in [1.29, 1.82) is 0 Å². The number of nitrogens with one attached hydrogen (secondary N) is 2. The highest BCUT2D eigenvalue weighted by Crippen LogP contribution is 2.30. The second-order valence-electron chi connectivity index (χ2n) is 7.06. The van der Waals surface area contributed by atoms with Gasteiger partial charge < -0.3 is 15.5 Å². The lowest BCUT2D eigenvalue weighted by atomic mass is 10.00. The number of aryl methyl sites for hydroxylation is 1. The summed E-state index contributed by atoms with van der Waals surface area (Å²) in [6, 6.07) is 24.6. The van der Waals surface area contributed by atoms with Gasteiger partial charge in [-0.1, -0.05) is 48.5 Å². The van der Waals surface area contributed by atoms with Crippen molar-refractivity contribution in [3.63, 3.8) is 0 Å². The van der Waals surface area contributed by atoms with Crippen LogP contribution in [-0.4, -0.2) is 18.5 Å². The van der Waals surface area contributed by atoms with E-state index in [0.29, 0.717) is 18.7 Å². The molecule has 0 unspecified atom stereocenters. The van der Waals surface area contributed by atoms with E-state index in [2.05, 4.69) is 10.6 Å². The minimum atomic E-state index is -0.248. The number of hydrogen-bond donors (Lipinski definition) is 2. The number of urea groups is 1. The van der Waals surface area contributed by atoms with Crippen LogP contribution in [0, 0.1) is 0 Å². The lowest BCUT2D eigenvalue weighted by Crippen LogP contribution is -2.35. The van der Waals surface area contributed by atoms with Crippen LogP contribution in [0.2, 0.25) is 0 Å². The van der Waals surface area contributed by atoms with Gasteiger partial charge in [-0.3, -0.25) is 4.79 Å². The number of amides is 3. The van der Waals surface area contributed by atoms with E-state index in [4.69, 9.17) is 0 Å². The summed E-state index contributed by atoms with van der Waals surface area (Å²) < 4.78 is 0. The summed E-state index contributed by atoms with van der Waals surface area (Å²) in [6.07, 6.45) is 1.78. The Balaban J connectivity index is 1.44. The van der Waals surface area contributed by atoms with E-state index in [-0.39, 0.29) is 11.9 Å². The molecule has 0 spiro atoms. The van der Waals surface area contributed by atoms with E-state index in [1.54, 1.807) is 0 Å². The lowest BCUT2D eigenvalue weighted by Gasteiger charge is -2.30. The fraction of sp³-hybridized carbons (Fsp3) is 0.167. The zero-order chi connectivity index (χ0) is 20.1. The van der Waals surface area contributed by atoms with Crippen molar-refractivity contribution in [2.24, 2.45) is 0 Å². The SMILES string of the molecule is O=C(NCc1ccccc1)Nc1ccc2c(c1)CCCN2C(=O)c1ccccc1. The second kappa shape index (κ2) is 8.61. The van der Waals surface area contributed by atoms with E-state index >= 15 is 0 Å². The predicted molar refractivity (Wildman–Crippen MR) is 115 cm³/mol. The van der Waals surface area contributed by atoms with Gasteiger partial charge >= 0.3 is 6.03 Å². The van der Waals surface area contributed by atoms with Gasteiger partial charge in [0.05, 0.1) is 0 Å². The van der Waals surface area contributed by atoms with Crippen molar-refractivity contribution < 1.29 is 9.59 Å². The molecule has 3 amide bonds. The Labute approximate surface area is 170 Å². The summed E-state index contributed by atoms with van der Waals surface area (Å²) in [5.74, 6) is 0.00728. The minimum absolute atomic E-state index is 0.00728. The van der Waals surface area contributed by atoms with Crippen molar-refractivity contribution in [3.05, 3.63) is 95.6 Å². The fourth-order valence-corrected chi connectivity index (χ4v) is 3.58. The molecule has 1 aliphatic heterocycles. The number of benzene rings is 3. The summed E-state index contributed by atoms with van der Waals surface area (Å²) in [7, 11) is 0. The monoisotopic (exact) mass is 385 g/mol. The number of fused-ring (bicyclic) bond motifs is 1. The zero-order valence-corrected chi connectivity index (χ0v) is 16.1. The normalized spacial score (nSPS) is 12.8. The topological polar surface area (TPSA) is 61.4 Å².